The summed E-state index contributed by atoms with van der Waals surface area (Å²) in [6.07, 6.45) is 0. The Bertz CT molecular complexity index is 877. The lowest BCUT2D eigenvalue weighted by atomic mass is 10.2. The van der Waals surface area contributed by atoms with Crippen LogP contribution in [0.2, 0.25) is 0 Å². The van der Waals surface area contributed by atoms with E-state index in [0.717, 1.165) is 4.88 Å². The number of amides is 2. The molecule has 1 aromatic carbocycles. The van der Waals surface area contributed by atoms with Gasteiger partial charge in [0.1, 0.15) is 12.3 Å². The summed E-state index contributed by atoms with van der Waals surface area (Å²) in [5, 5.41) is 5.06. The van der Waals surface area contributed by atoms with Crippen LogP contribution in [0.5, 0.6) is 5.75 Å². The molecule has 2 amide bonds. The second-order valence-electron chi connectivity index (χ2n) is 5.64. The van der Waals surface area contributed by atoms with Crippen LogP contribution in [0.15, 0.2) is 36.4 Å². The summed E-state index contributed by atoms with van der Waals surface area (Å²) >= 11 is 1.22. The first kappa shape index (κ1) is 21.1. The lowest BCUT2D eigenvalue weighted by molar-refractivity contribution is -0.141. The Morgan fingerprint density at radius 2 is 1.79 bits per heavy atom. The van der Waals surface area contributed by atoms with Gasteiger partial charge in [0.15, 0.2) is 6.61 Å². The summed E-state index contributed by atoms with van der Waals surface area (Å²) in [6.45, 7) is 0.944. The molecule has 0 atom stereocenters. The molecule has 0 unspecified atom stereocenters. The van der Waals surface area contributed by atoms with Crippen LogP contribution in [0.25, 0.3) is 0 Å². The number of carbonyl (C=O) groups excluding carboxylic acids is 4. The molecule has 1 heterocycles. The maximum atomic E-state index is 12.1. The first-order chi connectivity index (χ1) is 13.4. The highest BCUT2D eigenvalue weighted by molar-refractivity contribution is 7.14. The van der Waals surface area contributed by atoms with Gasteiger partial charge in [0.05, 0.1) is 24.1 Å². The number of Topliss-reactive ketones (excluding diaryl/α,β-unsaturated/α-hetero) is 1. The summed E-state index contributed by atoms with van der Waals surface area (Å²) in [4.78, 5) is 48.1. The van der Waals surface area contributed by atoms with Crippen molar-refractivity contribution in [2.45, 2.75) is 13.5 Å². The van der Waals surface area contributed by atoms with Crippen molar-refractivity contribution in [2.24, 2.45) is 0 Å². The van der Waals surface area contributed by atoms with Crippen LogP contribution in [-0.4, -0.2) is 43.8 Å². The topological polar surface area (TPSA) is 111 Å². The van der Waals surface area contributed by atoms with Gasteiger partial charge in [-0.25, -0.2) is 0 Å². The van der Waals surface area contributed by atoms with Crippen molar-refractivity contribution < 1.29 is 28.7 Å². The van der Waals surface area contributed by atoms with E-state index >= 15 is 0 Å². The molecule has 0 aliphatic rings. The third-order valence-corrected chi connectivity index (χ3v) is 4.68. The van der Waals surface area contributed by atoms with Gasteiger partial charge in [-0.2, -0.15) is 0 Å². The van der Waals surface area contributed by atoms with E-state index in [0.29, 0.717) is 22.7 Å². The normalized spacial score (nSPS) is 10.1. The van der Waals surface area contributed by atoms with Gasteiger partial charge in [0.2, 0.25) is 11.7 Å². The second-order valence-corrected chi connectivity index (χ2v) is 6.81. The predicted molar refractivity (Wildman–Crippen MR) is 102 cm³/mol. The van der Waals surface area contributed by atoms with Crippen LogP contribution in [-0.2, 0) is 20.9 Å². The van der Waals surface area contributed by atoms with Crippen molar-refractivity contribution in [3.63, 3.8) is 0 Å². The van der Waals surface area contributed by atoms with Crippen LogP contribution in [0, 0.1) is 0 Å². The number of hydrogen-bond donors (Lipinski definition) is 2. The molecule has 28 heavy (non-hydrogen) atoms. The number of rotatable bonds is 9. The van der Waals surface area contributed by atoms with Crippen molar-refractivity contribution in [3.8, 4) is 5.75 Å². The minimum Gasteiger partial charge on any atom is -0.496 e. The molecule has 0 saturated heterocycles. The monoisotopic (exact) mass is 404 g/mol. The fraction of sp³-hybridized carbons (Fsp3) is 0.263. The summed E-state index contributed by atoms with van der Waals surface area (Å²) in [5.74, 6) is -1.35. The number of thiophene rings is 1. The maximum absolute atomic E-state index is 12.1. The van der Waals surface area contributed by atoms with Gasteiger partial charge in [-0.3, -0.25) is 19.2 Å². The Hall–Kier alpha value is -3.20. The van der Waals surface area contributed by atoms with Crippen molar-refractivity contribution in [3.05, 3.63) is 51.7 Å². The number of para-hydroxylation sites is 1. The Morgan fingerprint density at radius 1 is 1.04 bits per heavy atom. The second kappa shape index (κ2) is 10.2. The first-order valence-electron chi connectivity index (χ1n) is 8.34. The molecule has 0 aliphatic carbocycles. The number of hydrogen-bond acceptors (Lipinski definition) is 7. The van der Waals surface area contributed by atoms with Gasteiger partial charge in [0.25, 0.3) is 5.91 Å². The Kier molecular flexibility index (Phi) is 7.70. The summed E-state index contributed by atoms with van der Waals surface area (Å²) in [7, 11) is 1.44. The van der Waals surface area contributed by atoms with Gasteiger partial charge >= 0.3 is 5.97 Å². The number of methoxy groups -OCH3 is 1. The largest absolute Gasteiger partial charge is 0.496 e. The third-order valence-electron chi connectivity index (χ3n) is 3.56. The SMILES string of the molecule is COc1ccccc1C(=O)NCC(=O)OCC(=O)c1ccc(CNC(C)=O)s1. The minimum absolute atomic E-state index is 0.162. The zero-order valence-electron chi connectivity index (χ0n) is 15.4. The molecule has 0 saturated carbocycles. The van der Waals surface area contributed by atoms with E-state index in [1.165, 1.54) is 25.4 Å². The lowest BCUT2D eigenvalue weighted by Crippen LogP contribution is -2.31. The van der Waals surface area contributed by atoms with E-state index in [1.54, 1.807) is 36.4 Å². The van der Waals surface area contributed by atoms with Crippen molar-refractivity contribution in [1.82, 2.24) is 10.6 Å². The van der Waals surface area contributed by atoms with Gasteiger partial charge in [0, 0.05) is 11.8 Å². The van der Waals surface area contributed by atoms with Crippen LogP contribution in [0.3, 0.4) is 0 Å². The summed E-state index contributed by atoms with van der Waals surface area (Å²) in [5.41, 5.74) is 0.291. The van der Waals surface area contributed by atoms with Crippen molar-refractivity contribution in [1.29, 1.82) is 0 Å². The average molecular weight is 404 g/mol. The molecule has 0 bridgehead atoms. The first-order valence-corrected chi connectivity index (χ1v) is 9.15. The molecule has 2 aromatic rings. The zero-order chi connectivity index (χ0) is 20.5. The van der Waals surface area contributed by atoms with Crippen molar-refractivity contribution >= 4 is 34.9 Å². The van der Waals surface area contributed by atoms with Gasteiger partial charge in [-0.15, -0.1) is 11.3 Å². The molecule has 8 nitrogen and oxygen atoms in total. The van der Waals surface area contributed by atoms with E-state index < -0.39 is 18.5 Å². The maximum Gasteiger partial charge on any atom is 0.325 e. The van der Waals surface area contributed by atoms with Gasteiger partial charge in [-0.05, 0) is 24.3 Å². The van der Waals surface area contributed by atoms with E-state index in [4.69, 9.17) is 9.47 Å². The lowest BCUT2D eigenvalue weighted by Gasteiger charge is -2.09. The van der Waals surface area contributed by atoms with Crippen LogP contribution in [0.1, 0.15) is 31.8 Å². The molecule has 2 N–H and O–H groups in total. The fourth-order valence-electron chi connectivity index (χ4n) is 2.18. The summed E-state index contributed by atoms with van der Waals surface area (Å²) in [6, 6.07) is 9.94. The third kappa shape index (κ3) is 6.20. The number of esters is 1. The van der Waals surface area contributed by atoms with E-state index in [9.17, 15) is 19.2 Å². The molecular formula is C19H20N2O6S. The highest BCUT2D eigenvalue weighted by Gasteiger charge is 2.15. The molecule has 1 aromatic heterocycles. The molecule has 0 aliphatic heterocycles. The Morgan fingerprint density at radius 3 is 2.50 bits per heavy atom. The fourth-order valence-corrected chi connectivity index (χ4v) is 3.05. The van der Waals surface area contributed by atoms with E-state index in [-0.39, 0.29) is 18.2 Å². The molecule has 0 spiro atoms. The highest BCUT2D eigenvalue weighted by atomic mass is 32.1. The Balaban J connectivity index is 1.78. The quantitative estimate of drug-likeness (QED) is 0.485. The molecular weight excluding hydrogens is 384 g/mol. The van der Waals surface area contributed by atoms with E-state index in [2.05, 4.69) is 10.6 Å². The smallest absolute Gasteiger partial charge is 0.325 e. The Labute approximate surface area is 165 Å². The molecule has 0 fully saturated rings. The number of nitrogens with one attached hydrogen (secondary N) is 2. The summed E-state index contributed by atoms with van der Waals surface area (Å²) < 4.78 is 10.0. The standard InChI is InChI=1S/C19H20N2O6S/c1-12(22)20-9-13-7-8-17(28-13)15(23)11-27-18(24)10-21-19(25)14-5-3-4-6-16(14)26-2/h3-8H,9-11H2,1-2H3,(H,20,22)(H,21,25). The molecule has 0 radical (unpaired) electrons. The molecule has 2 rings (SSSR count). The minimum atomic E-state index is -0.730. The molecule has 9 heteroatoms. The zero-order valence-corrected chi connectivity index (χ0v) is 16.3. The highest BCUT2D eigenvalue weighted by Crippen LogP contribution is 2.18. The van der Waals surface area contributed by atoms with Crippen molar-refractivity contribution in [2.75, 3.05) is 20.3 Å². The van der Waals surface area contributed by atoms with Crippen LogP contribution < -0.4 is 15.4 Å². The van der Waals surface area contributed by atoms with Gasteiger partial charge in [-0.1, -0.05) is 12.1 Å². The number of carbonyl (C=O) groups is 4. The van der Waals surface area contributed by atoms with Gasteiger partial charge < -0.3 is 20.1 Å². The number of benzene rings is 1. The van der Waals surface area contributed by atoms with Crippen LogP contribution >= 0.6 is 11.3 Å². The number of ketones is 1. The predicted octanol–water partition coefficient (Wildman–Crippen LogP) is 1.55. The van der Waals surface area contributed by atoms with Crippen LogP contribution in [0.4, 0.5) is 0 Å². The van der Waals surface area contributed by atoms with E-state index in [1.807, 2.05) is 0 Å². The number of ether oxygens (including phenoxy) is 2. The molecule has 148 valence electrons. The average Bonchev–Trinajstić information content (AvgIpc) is 3.17.